The quantitative estimate of drug-likeness (QED) is 0.644. The van der Waals surface area contributed by atoms with E-state index in [1.54, 1.807) is 0 Å². The number of rotatable bonds is 6. The van der Waals surface area contributed by atoms with E-state index in [0.29, 0.717) is 11.6 Å². The third kappa shape index (κ3) is 4.78. The smallest absolute Gasteiger partial charge is 0.226 e. The summed E-state index contributed by atoms with van der Waals surface area (Å²) in [7, 11) is 3.98. The van der Waals surface area contributed by atoms with Crippen LogP contribution in [-0.4, -0.2) is 27.1 Å². The van der Waals surface area contributed by atoms with Gasteiger partial charge in [-0.05, 0) is 26.2 Å². The van der Waals surface area contributed by atoms with Gasteiger partial charge in [0.05, 0.1) is 0 Å². The van der Waals surface area contributed by atoms with Crippen molar-refractivity contribution in [1.29, 1.82) is 0 Å². The van der Waals surface area contributed by atoms with Gasteiger partial charge >= 0.3 is 0 Å². The zero-order chi connectivity index (χ0) is 12.8. The van der Waals surface area contributed by atoms with Gasteiger partial charge in [-0.25, -0.2) is 0 Å². The van der Waals surface area contributed by atoms with E-state index in [9.17, 15) is 4.79 Å². The van der Waals surface area contributed by atoms with Crippen molar-refractivity contribution in [3.63, 3.8) is 0 Å². The summed E-state index contributed by atoms with van der Waals surface area (Å²) in [5.41, 5.74) is 0. The Labute approximate surface area is 119 Å². The SMILES string of the molecule is Cc1nnc(NC(=O)CCCCC2CCSS2)s1. The van der Waals surface area contributed by atoms with Gasteiger partial charge in [-0.2, -0.15) is 0 Å². The maximum atomic E-state index is 11.6. The first kappa shape index (κ1) is 14.1. The van der Waals surface area contributed by atoms with Crippen molar-refractivity contribution in [2.24, 2.45) is 0 Å². The molecule has 1 atom stereocenters. The molecule has 1 amide bonds. The Morgan fingerprint density at radius 3 is 3.00 bits per heavy atom. The summed E-state index contributed by atoms with van der Waals surface area (Å²) in [5.74, 6) is 1.34. The molecule has 1 aliphatic heterocycles. The lowest BCUT2D eigenvalue weighted by molar-refractivity contribution is -0.116. The van der Waals surface area contributed by atoms with Crippen LogP contribution in [0, 0.1) is 6.92 Å². The highest BCUT2D eigenvalue weighted by molar-refractivity contribution is 8.77. The van der Waals surface area contributed by atoms with Gasteiger partial charge in [0.1, 0.15) is 5.01 Å². The molecule has 1 fully saturated rings. The van der Waals surface area contributed by atoms with Crippen LogP contribution in [0.5, 0.6) is 0 Å². The summed E-state index contributed by atoms with van der Waals surface area (Å²) in [6, 6.07) is 0. The molecule has 0 aromatic carbocycles. The monoisotopic (exact) mass is 303 g/mol. The van der Waals surface area contributed by atoms with Crippen molar-refractivity contribution in [3.05, 3.63) is 5.01 Å². The topological polar surface area (TPSA) is 54.9 Å². The Kier molecular flexibility index (Phi) is 5.78. The number of amides is 1. The molecule has 1 aromatic rings. The summed E-state index contributed by atoms with van der Waals surface area (Å²) in [4.78, 5) is 11.6. The summed E-state index contributed by atoms with van der Waals surface area (Å²) in [6.07, 6.45) is 5.25. The van der Waals surface area contributed by atoms with Crippen LogP contribution in [0.25, 0.3) is 0 Å². The van der Waals surface area contributed by atoms with Crippen molar-refractivity contribution in [2.75, 3.05) is 11.1 Å². The molecule has 1 aliphatic rings. The number of nitrogens with one attached hydrogen (secondary N) is 1. The molecule has 1 saturated heterocycles. The highest BCUT2D eigenvalue weighted by Crippen LogP contribution is 2.39. The zero-order valence-corrected chi connectivity index (χ0v) is 12.8. The van der Waals surface area contributed by atoms with Gasteiger partial charge in [-0.15, -0.1) is 10.2 Å². The second-order valence-corrected chi connectivity index (χ2v) is 8.22. The molecule has 0 spiro atoms. The highest BCUT2D eigenvalue weighted by atomic mass is 33.1. The van der Waals surface area contributed by atoms with E-state index in [0.717, 1.165) is 23.1 Å². The fourth-order valence-corrected chi connectivity index (χ4v) is 5.39. The maximum absolute atomic E-state index is 11.6. The van der Waals surface area contributed by atoms with Crippen LogP contribution in [0.3, 0.4) is 0 Å². The summed E-state index contributed by atoms with van der Waals surface area (Å²) in [5, 5.41) is 12.8. The Morgan fingerprint density at radius 1 is 1.44 bits per heavy atom. The molecule has 7 heteroatoms. The van der Waals surface area contributed by atoms with Crippen LogP contribution in [0.15, 0.2) is 0 Å². The fraction of sp³-hybridized carbons (Fsp3) is 0.727. The number of unbranched alkanes of at least 4 members (excludes halogenated alkanes) is 1. The van der Waals surface area contributed by atoms with Gasteiger partial charge < -0.3 is 5.32 Å². The first-order valence-electron chi connectivity index (χ1n) is 6.12. The van der Waals surface area contributed by atoms with Crippen molar-refractivity contribution < 1.29 is 4.79 Å². The van der Waals surface area contributed by atoms with Gasteiger partial charge in [-0.3, -0.25) is 4.79 Å². The molecule has 18 heavy (non-hydrogen) atoms. The van der Waals surface area contributed by atoms with E-state index >= 15 is 0 Å². The average molecular weight is 303 g/mol. The molecule has 1 unspecified atom stereocenters. The highest BCUT2D eigenvalue weighted by Gasteiger charge is 2.15. The van der Waals surface area contributed by atoms with Crippen LogP contribution in [0.1, 0.15) is 37.1 Å². The molecule has 0 aliphatic carbocycles. The molecule has 0 bridgehead atoms. The van der Waals surface area contributed by atoms with Gasteiger partial charge in [0.15, 0.2) is 0 Å². The maximum Gasteiger partial charge on any atom is 0.226 e. The first-order chi connectivity index (χ1) is 8.74. The Balaban J connectivity index is 1.57. The lowest BCUT2D eigenvalue weighted by Gasteiger charge is -2.06. The molecule has 2 rings (SSSR count). The largest absolute Gasteiger partial charge is 0.301 e. The van der Waals surface area contributed by atoms with Crippen molar-refractivity contribution in [2.45, 2.75) is 44.3 Å². The van der Waals surface area contributed by atoms with Crippen molar-refractivity contribution in [1.82, 2.24) is 10.2 Å². The molecular formula is C11H17N3OS3. The summed E-state index contributed by atoms with van der Waals surface area (Å²) >= 11 is 1.42. The van der Waals surface area contributed by atoms with E-state index in [1.807, 2.05) is 28.5 Å². The zero-order valence-electron chi connectivity index (χ0n) is 10.3. The third-order valence-corrected chi connectivity index (χ3v) is 6.44. The average Bonchev–Trinajstić information content (AvgIpc) is 2.96. The standard InChI is InChI=1S/C11H17N3OS3/c1-8-13-14-11(17-8)12-10(15)5-3-2-4-9-6-7-16-18-9/h9H,2-7H2,1H3,(H,12,14,15). The second-order valence-electron chi connectivity index (χ2n) is 4.25. The summed E-state index contributed by atoms with van der Waals surface area (Å²) in [6.45, 7) is 1.88. The van der Waals surface area contributed by atoms with Crippen LogP contribution < -0.4 is 5.32 Å². The lowest BCUT2D eigenvalue weighted by atomic mass is 10.1. The Bertz CT molecular complexity index is 391. The number of nitrogens with zero attached hydrogens (tertiary/aromatic N) is 2. The van der Waals surface area contributed by atoms with Gasteiger partial charge in [0, 0.05) is 17.4 Å². The number of hydrogen-bond donors (Lipinski definition) is 1. The number of hydrogen-bond acceptors (Lipinski definition) is 6. The molecule has 4 nitrogen and oxygen atoms in total. The van der Waals surface area contributed by atoms with Crippen molar-refractivity contribution in [3.8, 4) is 0 Å². The second kappa shape index (κ2) is 7.35. The number of aromatic nitrogens is 2. The number of carbonyl (C=O) groups excluding carboxylic acids is 1. The van der Waals surface area contributed by atoms with Crippen LogP contribution in [0.4, 0.5) is 5.13 Å². The Morgan fingerprint density at radius 2 is 2.33 bits per heavy atom. The van der Waals surface area contributed by atoms with E-state index in [1.165, 1.54) is 29.9 Å². The summed E-state index contributed by atoms with van der Waals surface area (Å²) < 4.78 is 0. The molecule has 0 saturated carbocycles. The molecule has 1 aromatic heterocycles. The third-order valence-electron chi connectivity index (χ3n) is 2.68. The minimum Gasteiger partial charge on any atom is -0.301 e. The number of carbonyl (C=O) groups is 1. The van der Waals surface area contributed by atoms with E-state index in [-0.39, 0.29) is 5.91 Å². The minimum absolute atomic E-state index is 0.0552. The molecule has 1 N–H and O–H groups in total. The predicted octanol–water partition coefficient (Wildman–Crippen LogP) is 3.50. The lowest BCUT2D eigenvalue weighted by Crippen LogP contribution is -2.11. The van der Waals surface area contributed by atoms with Gasteiger partial charge in [-0.1, -0.05) is 39.3 Å². The van der Waals surface area contributed by atoms with E-state index < -0.39 is 0 Å². The predicted molar refractivity (Wildman–Crippen MR) is 80.2 cm³/mol. The molecular weight excluding hydrogens is 286 g/mol. The molecule has 100 valence electrons. The normalized spacial score (nSPS) is 19.1. The van der Waals surface area contributed by atoms with Crippen LogP contribution in [-0.2, 0) is 4.79 Å². The van der Waals surface area contributed by atoms with E-state index in [2.05, 4.69) is 15.5 Å². The molecule has 0 radical (unpaired) electrons. The van der Waals surface area contributed by atoms with Crippen molar-refractivity contribution >= 4 is 44.0 Å². The fourth-order valence-electron chi connectivity index (χ4n) is 1.75. The van der Waals surface area contributed by atoms with Gasteiger partial charge in [0.2, 0.25) is 11.0 Å². The minimum atomic E-state index is 0.0552. The Hall–Kier alpha value is -0.270. The molecule has 2 heterocycles. The van der Waals surface area contributed by atoms with Crippen LogP contribution in [0.2, 0.25) is 0 Å². The number of aryl methyl sites for hydroxylation is 1. The van der Waals surface area contributed by atoms with Crippen LogP contribution >= 0.6 is 32.9 Å². The first-order valence-corrected chi connectivity index (χ1v) is 9.32. The number of anilines is 1. The van der Waals surface area contributed by atoms with Gasteiger partial charge in [0.25, 0.3) is 0 Å². The van der Waals surface area contributed by atoms with E-state index in [4.69, 9.17) is 0 Å².